The Bertz CT molecular complexity index is 471. The zero-order valence-corrected chi connectivity index (χ0v) is 10.4. The molecular formula is C6F15N3O. The van der Waals surface area contributed by atoms with Gasteiger partial charge < -0.3 is 0 Å². The van der Waals surface area contributed by atoms with E-state index in [2.05, 4.69) is 0 Å². The van der Waals surface area contributed by atoms with Gasteiger partial charge in [0, 0.05) is 0 Å². The first-order chi connectivity index (χ1) is 10.6. The summed E-state index contributed by atoms with van der Waals surface area (Å²) in [6.45, 7) is 0. The van der Waals surface area contributed by atoms with Gasteiger partial charge in [-0.3, -0.25) is 0 Å². The van der Waals surface area contributed by atoms with E-state index in [4.69, 9.17) is 0 Å². The topological polar surface area (TPSA) is 26.8 Å². The minimum Gasteiger partial charge on any atom is -0.234 e. The van der Waals surface area contributed by atoms with E-state index in [1.807, 2.05) is 0 Å². The average molecular weight is 415 g/mol. The normalized spacial score (nSPS) is 15.1. The van der Waals surface area contributed by atoms with Gasteiger partial charge in [0.1, 0.15) is 0 Å². The second-order valence-corrected chi connectivity index (χ2v) is 3.59. The standard InChI is InChI=1S/C6F15N3O/c7-1(25)22(2(8,9)10)6(20,21)24(5(17,18)19)23(3(11,12)13)4(14,15)16. The van der Waals surface area contributed by atoms with Gasteiger partial charge in [0.05, 0.1) is 0 Å². The molecule has 0 saturated heterocycles. The molecule has 0 aromatic heterocycles. The highest BCUT2D eigenvalue weighted by molar-refractivity contribution is 5.67. The molecule has 0 N–H and O–H groups in total. The summed E-state index contributed by atoms with van der Waals surface area (Å²) in [6.07, 6.45) is -41.6. The lowest BCUT2D eigenvalue weighted by atomic mass is 10.6. The predicted octanol–water partition coefficient (Wildman–Crippen LogP) is 4.53. The summed E-state index contributed by atoms with van der Waals surface area (Å²) in [7, 11) is 0. The van der Waals surface area contributed by atoms with Crippen molar-refractivity contribution in [3.8, 4) is 0 Å². The third-order valence-electron chi connectivity index (χ3n) is 1.87. The Hall–Kier alpha value is -1.66. The van der Waals surface area contributed by atoms with E-state index >= 15 is 0 Å². The zero-order chi connectivity index (χ0) is 20.8. The number of nitrogens with zero attached hydrogens (tertiary/aromatic N) is 3. The number of hydrogen-bond donors (Lipinski definition) is 0. The Morgan fingerprint density at radius 3 is 0.960 bits per heavy atom. The van der Waals surface area contributed by atoms with Gasteiger partial charge in [-0.05, 0) is 10.0 Å². The third-order valence-corrected chi connectivity index (χ3v) is 1.87. The first-order valence-corrected chi connectivity index (χ1v) is 4.80. The van der Waals surface area contributed by atoms with Crippen LogP contribution in [0.25, 0.3) is 0 Å². The minimum atomic E-state index is -7.56. The molecule has 0 aliphatic heterocycles. The van der Waals surface area contributed by atoms with E-state index in [-0.39, 0.29) is 0 Å². The third kappa shape index (κ3) is 5.16. The molecule has 19 heteroatoms. The lowest BCUT2D eigenvalue weighted by molar-refractivity contribution is -0.545. The van der Waals surface area contributed by atoms with Crippen molar-refractivity contribution in [2.24, 2.45) is 0 Å². The molecule has 0 unspecified atom stereocenters. The van der Waals surface area contributed by atoms with Crippen molar-refractivity contribution < 1.29 is 70.7 Å². The molecule has 150 valence electrons. The van der Waals surface area contributed by atoms with Gasteiger partial charge in [0.15, 0.2) is 0 Å². The number of amides is 1. The van der Waals surface area contributed by atoms with Crippen LogP contribution in [-0.2, 0) is 0 Å². The average Bonchev–Trinajstić information content (AvgIpc) is 2.15. The van der Waals surface area contributed by atoms with Gasteiger partial charge in [-0.1, -0.05) is 0 Å². The molecular weight excluding hydrogens is 415 g/mol. The van der Waals surface area contributed by atoms with Gasteiger partial charge in [-0.25, -0.2) is 4.79 Å². The Kier molecular flexibility index (Phi) is 5.84. The van der Waals surface area contributed by atoms with E-state index in [0.29, 0.717) is 0 Å². The molecule has 0 aliphatic carbocycles. The molecule has 25 heavy (non-hydrogen) atoms. The molecule has 0 aromatic rings. The van der Waals surface area contributed by atoms with Crippen LogP contribution in [0.15, 0.2) is 0 Å². The number of alkyl halides is 14. The Labute approximate surface area is 124 Å². The quantitative estimate of drug-likeness (QED) is 0.223. The monoisotopic (exact) mass is 415 g/mol. The summed E-state index contributed by atoms with van der Waals surface area (Å²) >= 11 is 0. The fourth-order valence-electron chi connectivity index (χ4n) is 1.21. The summed E-state index contributed by atoms with van der Waals surface area (Å²) in [5.41, 5.74) is 0. The van der Waals surface area contributed by atoms with E-state index in [1.165, 1.54) is 0 Å². The van der Waals surface area contributed by atoms with Gasteiger partial charge in [0.25, 0.3) is 0 Å². The van der Waals surface area contributed by atoms with E-state index in [9.17, 15) is 70.7 Å². The van der Waals surface area contributed by atoms with Crippen LogP contribution >= 0.6 is 0 Å². The van der Waals surface area contributed by atoms with Crippen LogP contribution < -0.4 is 0 Å². The fourth-order valence-corrected chi connectivity index (χ4v) is 1.21. The summed E-state index contributed by atoms with van der Waals surface area (Å²) in [6, 6.07) is 0. The molecule has 0 aliphatic rings. The van der Waals surface area contributed by atoms with Gasteiger partial charge in [0.2, 0.25) is 0 Å². The number of halogens is 15. The molecule has 0 rings (SSSR count). The van der Waals surface area contributed by atoms with Crippen molar-refractivity contribution in [2.45, 2.75) is 31.4 Å². The summed E-state index contributed by atoms with van der Waals surface area (Å²) in [5, 5.41) is -8.23. The Morgan fingerprint density at radius 1 is 0.520 bits per heavy atom. The zero-order valence-electron chi connectivity index (χ0n) is 10.4. The van der Waals surface area contributed by atoms with Crippen LogP contribution in [0, 0.1) is 0 Å². The maximum absolute atomic E-state index is 13.2. The van der Waals surface area contributed by atoms with Gasteiger partial charge >= 0.3 is 37.5 Å². The van der Waals surface area contributed by atoms with Crippen molar-refractivity contribution in [3.05, 3.63) is 0 Å². The molecule has 0 spiro atoms. The summed E-state index contributed by atoms with van der Waals surface area (Å²) < 4.78 is 185. The number of hydrazine groups is 1. The molecule has 4 nitrogen and oxygen atoms in total. The van der Waals surface area contributed by atoms with Crippen LogP contribution in [0.4, 0.5) is 70.7 Å². The minimum absolute atomic E-state index is 3.71. The van der Waals surface area contributed by atoms with Crippen LogP contribution in [0.1, 0.15) is 0 Å². The maximum atomic E-state index is 13.2. The van der Waals surface area contributed by atoms with E-state index in [1.54, 1.807) is 0 Å². The molecule has 1 amide bonds. The number of carbonyl (C=O) groups is 1. The highest BCUT2D eigenvalue weighted by Gasteiger charge is 2.75. The molecule has 0 fully saturated rings. The van der Waals surface area contributed by atoms with Crippen molar-refractivity contribution in [1.29, 1.82) is 0 Å². The smallest absolute Gasteiger partial charge is 0.234 e. The number of rotatable bonds is 3. The largest absolute Gasteiger partial charge is 0.495 e. The second-order valence-electron chi connectivity index (χ2n) is 3.59. The van der Waals surface area contributed by atoms with Crippen molar-refractivity contribution in [1.82, 2.24) is 14.9 Å². The van der Waals surface area contributed by atoms with Gasteiger partial charge in [-0.2, -0.15) is 48.3 Å². The fraction of sp³-hybridized carbons (Fsp3) is 0.833. The number of carbonyl (C=O) groups excluding carboxylic acids is 1. The predicted molar refractivity (Wildman–Crippen MR) is 41.2 cm³/mol. The Morgan fingerprint density at radius 2 is 0.800 bits per heavy atom. The molecule has 0 atom stereocenters. The van der Waals surface area contributed by atoms with E-state index in [0.717, 1.165) is 0 Å². The molecule has 0 radical (unpaired) electrons. The Balaban J connectivity index is 6.70. The van der Waals surface area contributed by atoms with Crippen LogP contribution in [-0.4, -0.2) is 52.5 Å². The molecule has 0 heterocycles. The second kappa shape index (κ2) is 6.25. The summed E-state index contributed by atoms with van der Waals surface area (Å²) in [5.74, 6) is 0. The van der Waals surface area contributed by atoms with Crippen LogP contribution in [0.5, 0.6) is 0 Å². The van der Waals surface area contributed by atoms with Crippen molar-refractivity contribution in [2.75, 3.05) is 0 Å². The maximum Gasteiger partial charge on any atom is 0.495 e. The molecule has 0 aromatic carbocycles. The highest BCUT2D eigenvalue weighted by atomic mass is 19.4. The van der Waals surface area contributed by atoms with Crippen molar-refractivity contribution >= 4 is 6.16 Å². The lowest BCUT2D eigenvalue weighted by Crippen LogP contribution is -2.73. The van der Waals surface area contributed by atoms with Crippen molar-refractivity contribution in [3.63, 3.8) is 0 Å². The first kappa shape index (κ1) is 23.3. The SMILES string of the molecule is O=C(F)N(C(F)(F)F)C(F)(F)N(N(C(F)(F)F)C(F)(F)F)C(F)(F)F. The molecule has 0 bridgehead atoms. The lowest BCUT2D eigenvalue weighted by Gasteiger charge is -2.43. The van der Waals surface area contributed by atoms with Gasteiger partial charge in [-0.15, -0.1) is 22.5 Å². The van der Waals surface area contributed by atoms with Crippen LogP contribution in [0.3, 0.4) is 0 Å². The number of hydrogen-bond acceptors (Lipinski definition) is 3. The highest BCUT2D eigenvalue weighted by Crippen LogP contribution is 2.47. The van der Waals surface area contributed by atoms with E-state index < -0.39 is 52.5 Å². The first-order valence-electron chi connectivity index (χ1n) is 4.80. The molecule has 0 saturated carbocycles. The van der Waals surface area contributed by atoms with Crippen LogP contribution in [0.2, 0.25) is 0 Å². The summed E-state index contributed by atoms with van der Waals surface area (Å²) in [4.78, 5) is 6.16.